The number of Topliss-reactive ketones (excluding diaryl/α,β-unsaturated/α-hetero) is 1. The number of anilines is 1. The minimum absolute atomic E-state index is 0.150. The number of carbonyl (C=O) groups excluding carboxylic acids is 3. The topological polar surface area (TPSA) is 129 Å². The zero-order chi connectivity index (χ0) is 20.1. The first kappa shape index (κ1) is 19.4. The molecule has 1 atom stereocenters. The molecule has 2 amide bonds. The molecule has 1 aliphatic rings. The molecule has 1 saturated heterocycles. The van der Waals surface area contributed by atoms with Crippen molar-refractivity contribution in [3.63, 3.8) is 0 Å². The summed E-state index contributed by atoms with van der Waals surface area (Å²) >= 11 is 0. The maximum Gasteiger partial charge on any atom is 0.255 e. The normalized spacial score (nSPS) is 15.9. The smallest absolute Gasteiger partial charge is 0.255 e. The molecule has 28 heavy (non-hydrogen) atoms. The molecule has 144 valence electrons. The monoisotopic (exact) mass is 379 g/mol. The number of para-hydroxylation sites is 1. The van der Waals surface area contributed by atoms with Crippen LogP contribution >= 0.6 is 0 Å². The number of ketones is 1. The van der Waals surface area contributed by atoms with Crippen LogP contribution < -0.4 is 11.1 Å². The van der Waals surface area contributed by atoms with Crippen LogP contribution in [0.15, 0.2) is 53.6 Å². The summed E-state index contributed by atoms with van der Waals surface area (Å²) in [7, 11) is 0. The predicted molar refractivity (Wildman–Crippen MR) is 104 cm³/mol. The minimum Gasteiger partial charge on any atom is -0.331 e. The third-order valence-corrected chi connectivity index (χ3v) is 4.73. The number of hydrogen-bond donors (Lipinski definition) is 3. The highest BCUT2D eigenvalue weighted by Crippen LogP contribution is 2.28. The molecule has 0 spiro atoms. The van der Waals surface area contributed by atoms with Crippen molar-refractivity contribution in [2.24, 2.45) is 10.8 Å². The summed E-state index contributed by atoms with van der Waals surface area (Å²) in [4.78, 5) is 39.1. The second-order valence-corrected chi connectivity index (χ2v) is 6.48. The molecule has 2 aromatic carbocycles. The first-order valence-corrected chi connectivity index (χ1v) is 8.97. The number of rotatable bonds is 6. The second kappa shape index (κ2) is 8.53. The Morgan fingerprint density at radius 3 is 2.61 bits per heavy atom. The van der Waals surface area contributed by atoms with Crippen molar-refractivity contribution in [2.75, 3.05) is 18.4 Å². The fourth-order valence-electron chi connectivity index (χ4n) is 3.33. The minimum atomic E-state index is -0.649. The number of amides is 2. The Hall–Kier alpha value is -3.39. The molecular formula is C20H21N5O3. The first-order chi connectivity index (χ1) is 13.5. The Bertz CT molecular complexity index is 913. The highest BCUT2D eigenvalue weighted by Gasteiger charge is 2.35. The Balaban J connectivity index is 1.88. The molecule has 0 bridgehead atoms. The van der Waals surface area contributed by atoms with E-state index in [0.717, 1.165) is 0 Å². The first-order valence-electron chi connectivity index (χ1n) is 8.97. The van der Waals surface area contributed by atoms with Crippen molar-refractivity contribution in [2.45, 2.75) is 18.9 Å². The van der Waals surface area contributed by atoms with Gasteiger partial charge in [-0.1, -0.05) is 18.2 Å². The lowest BCUT2D eigenvalue weighted by Gasteiger charge is -2.23. The molecule has 1 fully saturated rings. The summed E-state index contributed by atoms with van der Waals surface area (Å²) < 4.78 is 0. The maximum atomic E-state index is 13.1. The van der Waals surface area contributed by atoms with Crippen LogP contribution in [0.25, 0.3) is 0 Å². The number of likely N-dealkylation sites (tertiary alicyclic amines) is 1. The van der Waals surface area contributed by atoms with Crippen LogP contribution in [0.5, 0.6) is 0 Å². The van der Waals surface area contributed by atoms with Gasteiger partial charge in [0.1, 0.15) is 0 Å². The standard InChI is InChI=1S/C20H21N5O3/c21-12-18(26)25-10-4-7-17(25)19(27)15-11-13(8-9-16(15)24-22)20(28)23-14-5-2-1-3-6-14/h1-3,5-6,8-9,11,17,22H,4,7,10,12,21H2,(H,23,28)/t17-/m0/s1. The van der Waals surface area contributed by atoms with E-state index in [-0.39, 0.29) is 41.0 Å². The number of nitrogens with one attached hydrogen (secondary N) is 2. The predicted octanol–water partition coefficient (Wildman–Crippen LogP) is 2.73. The fourth-order valence-corrected chi connectivity index (χ4v) is 3.33. The average molecular weight is 379 g/mol. The molecule has 0 radical (unpaired) electrons. The van der Waals surface area contributed by atoms with Crippen LogP contribution in [0.4, 0.5) is 11.4 Å². The third-order valence-electron chi connectivity index (χ3n) is 4.73. The van der Waals surface area contributed by atoms with Gasteiger partial charge in [-0.2, -0.15) is 5.11 Å². The van der Waals surface area contributed by atoms with Crippen molar-refractivity contribution in [1.29, 1.82) is 5.53 Å². The van der Waals surface area contributed by atoms with Gasteiger partial charge in [-0.15, -0.1) is 0 Å². The molecule has 4 N–H and O–H groups in total. The van der Waals surface area contributed by atoms with Crippen molar-refractivity contribution in [1.82, 2.24) is 4.90 Å². The molecular weight excluding hydrogens is 358 g/mol. The maximum absolute atomic E-state index is 13.1. The van der Waals surface area contributed by atoms with Gasteiger partial charge in [0.2, 0.25) is 5.91 Å². The Morgan fingerprint density at radius 1 is 1.18 bits per heavy atom. The molecule has 0 saturated carbocycles. The third kappa shape index (κ3) is 3.96. The van der Waals surface area contributed by atoms with Crippen molar-refractivity contribution in [3.8, 4) is 0 Å². The van der Waals surface area contributed by atoms with Gasteiger partial charge in [0.15, 0.2) is 5.78 Å². The summed E-state index contributed by atoms with van der Waals surface area (Å²) in [5.41, 5.74) is 14.0. The Labute approximate surface area is 162 Å². The summed E-state index contributed by atoms with van der Waals surface area (Å²) in [5.74, 6) is -1.00. The molecule has 1 aliphatic heterocycles. The van der Waals surface area contributed by atoms with E-state index in [1.54, 1.807) is 24.3 Å². The van der Waals surface area contributed by atoms with Gasteiger partial charge in [0, 0.05) is 23.4 Å². The SMILES string of the molecule is N=Nc1ccc(C(=O)Nc2ccccc2)cc1C(=O)[C@@H]1CCCN1C(=O)CN. The van der Waals surface area contributed by atoms with Crippen LogP contribution in [0.1, 0.15) is 33.6 Å². The Kier molecular flexibility index (Phi) is 5.90. The summed E-state index contributed by atoms with van der Waals surface area (Å²) in [6.07, 6.45) is 1.21. The lowest BCUT2D eigenvalue weighted by molar-refractivity contribution is -0.129. The summed E-state index contributed by atoms with van der Waals surface area (Å²) in [6.45, 7) is 0.299. The van der Waals surface area contributed by atoms with Gasteiger partial charge in [0.05, 0.1) is 18.3 Å². The van der Waals surface area contributed by atoms with E-state index in [1.165, 1.54) is 23.1 Å². The van der Waals surface area contributed by atoms with E-state index in [9.17, 15) is 14.4 Å². The lowest BCUT2D eigenvalue weighted by atomic mass is 9.98. The molecule has 0 aromatic heterocycles. The molecule has 8 nitrogen and oxygen atoms in total. The van der Waals surface area contributed by atoms with Crippen LogP contribution in [0, 0.1) is 5.53 Å². The molecule has 3 rings (SSSR count). The molecule has 8 heteroatoms. The van der Waals surface area contributed by atoms with Crippen molar-refractivity contribution < 1.29 is 14.4 Å². The highest BCUT2D eigenvalue weighted by atomic mass is 16.2. The zero-order valence-corrected chi connectivity index (χ0v) is 15.2. The average Bonchev–Trinajstić information content (AvgIpc) is 3.22. The van der Waals surface area contributed by atoms with Gasteiger partial charge >= 0.3 is 0 Å². The van der Waals surface area contributed by atoms with E-state index in [4.69, 9.17) is 11.3 Å². The highest BCUT2D eigenvalue weighted by molar-refractivity contribution is 6.10. The van der Waals surface area contributed by atoms with Crippen LogP contribution in [0.3, 0.4) is 0 Å². The Morgan fingerprint density at radius 2 is 1.93 bits per heavy atom. The van der Waals surface area contributed by atoms with Gasteiger partial charge in [-0.3, -0.25) is 14.4 Å². The number of hydrogen-bond acceptors (Lipinski definition) is 6. The van der Waals surface area contributed by atoms with Crippen molar-refractivity contribution in [3.05, 3.63) is 59.7 Å². The number of nitrogens with two attached hydrogens (primary N) is 1. The van der Waals surface area contributed by atoms with Gasteiger partial charge < -0.3 is 16.0 Å². The van der Waals surface area contributed by atoms with Gasteiger partial charge in [-0.25, -0.2) is 5.53 Å². The van der Waals surface area contributed by atoms with Crippen molar-refractivity contribution >= 4 is 29.0 Å². The van der Waals surface area contributed by atoms with Gasteiger partial charge in [0.25, 0.3) is 5.91 Å². The lowest BCUT2D eigenvalue weighted by Crippen LogP contribution is -2.43. The quantitative estimate of drug-likeness (QED) is 0.526. The van der Waals surface area contributed by atoms with Crippen LogP contribution in [-0.4, -0.2) is 41.6 Å². The van der Waals surface area contributed by atoms with Crippen LogP contribution in [-0.2, 0) is 4.79 Å². The zero-order valence-electron chi connectivity index (χ0n) is 15.2. The number of benzene rings is 2. The second-order valence-electron chi connectivity index (χ2n) is 6.48. The number of carbonyl (C=O) groups is 3. The molecule has 0 aliphatic carbocycles. The molecule has 1 heterocycles. The van der Waals surface area contributed by atoms with E-state index < -0.39 is 6.04 Å². The summed E-state index contributed by atoms with van der Waals surface area (Å²) in [5, 5.41) is 6.17. The number of nitrogens with zero attached hydrogens (tertiary/aromatic N) is 2. The van der Waals surface area contributed by atoms with E-state index in [0.29, 0.717) is 25.1 Å². The summed E-state index contributed by atoms with van der Waals surface area (Å²) in [6, 6.07) is 12.7. The van der Waals surface area contributed by atoms with Gasteiger partial charge in [-0.05, 0) is 43.2 Å². The van der Waals surface area contributed by atoms with E-state index in [1.807, 2.05) is 6.07 Å². The molecule has 0 unspecified atom stereocenters. The van der Waals surface area contributed by atoms with Crippen LogP contribution in [0.2, 0.25) is 0 Å². The molecule has 2 aromatic rings. The van der Waals surface area contributed by atoms with E-state index in [2.05, 4.69) is 10.4 Å². The van der Waals surface area contributed by atoms with E-state index >= 15 is 0 Å². The fraction of sp³-hybridized carbons (Fsp3) is 0.250. The largest absolute Gasteiger partial charge is 0.331 e.